The molecule has 8 nitrogen and oxygen atoms in total. The molecule has 3 aromatic rings. The summed E-state index contributed by atoms with van der Waals surface area (Å²) in [6.45, 7) is 5.13. The van der Waals surface area contributed by atoms with Gasteiger partial charge in [-0.1, -0.05) is 54.6 Å². The van der Waals surface area contributed by atoms with Crippen molar-refractivity contribution in [2.75, 3.05) is 26.3 Å². The average Bonchev–Trinajstić information content (AvgIpc) is 3.76. The zero-order valence-electron chi connectivity index (χ0n) is 23.1. The molecule has 0 saturated heterocycles. The van der Waals surface area contributed by atoms with Gasteiger partial charge in [-0.25, -0.2) is 4.79 Å². The summed E-state index contributed by atoms with van der Waals surface area (Å²) >= 11 is 0. The molecule has 1 unspecified atom stereocenters. The monoisotopic (exact) mass is 543 g/mol. The average molecular weight is 544 g/mol. The number of hydrogen-bond donors (Lipinski definition) is 1. The number of ether oxygens (including phenoxy) is 2. The quantitative estimate of drug-likeness (QED) is 0.299. The first-order chi connectivity index (χ1) is 19.5. The van der Waals surface area contributed by atoms with E-state index in [1.54, 1.807) is 17.3 Å². The van der Waals surface area contributed by atoms with Gasteiger partial charge in [0.15, 0.2) is 6.29 Å². The molecule has 0 bridgehead atoms. The van der Waals surface area contributed by atoms with Gasteiger partial charge in [0, 0.05) is 50.5 Å². The number of nitrogens with zero attached hydrogens (tertiary/aromatic N) is 3. The van der Waals surface area contributed by atoms with Gasteiger partial charge >= 0.3 is 6.09 Å². The van der Waals surface area contributed by atoms with E-state index in [1.807, 2.05) is 50.2 Å². The normalized spacial score (nSPS) is 15.0. The summed E-state index contributed by atoms with van der Waals surface area (Å²) in [5.74, 6) is -0.403. The lowest BCUT2D eigenvalue weighted by Crippen LogP contribution is -2.55. The van der Waals surface area contributed by atoms with Crippen LogP contribution in [0, 0.1) is 0 Å². The van der Waals surface area contributed by atoms with E-state index in [0.717, 1.165) is 40.7 Å². The Morgan fingerprint density at radius 2 is 1.57 bits per heavy atom. The molecular formula is C32H37N3O5. The molecule has 5 rings (SSSR count). The standard InChI is InChI=1S/C32H37N3O5/c1-3-39-30(40-4-2)21-34(23-15-16-23)31(36)29(18-22-10-9-17-33-19-22)35(32(37)38)20-28-26-13-7-5-11-24(26)25-12-6-8-14-27(25)28/h5-14,17,19,23,28-30H,3-4,15-16,18,20-21H2,1-2H3,(H,37,38). The number of carboxylic acid groups (broad SMARTS) is 1. The molecule has 2 aliphatic rings. The van der Waals surface area contributed by atoms with Crippen LogP contribution in [0.3, 0.4) is 0 Å². The van der Waals surface area contributed by atoms with Crippen LogP contribution in [0.4, 0.5) is 4.79 Å². The molecule has 1 saturated carbocycles. The van der Waals surface area contributed by atoms with Gasteiger partial charge in [0.25, 0.3) is 0 Å². The number of fused-ring (bicyclic) bond motifs is 3. The van der Waals surface area contributed by atoms with Gasteiger partial charge in [0.05, 0.1) is 6.54 Å². The lowest BCUT2D eigenvalue weighted by molar-refractivity contribution is -0.162. The van der Waals surface area contributed by atoms with E-state index in [9.17, 15) is 14.7 Å². The maximum Gasteiger partial charge on any atom is 0.408 e. The Bertz CT molecular complexity index is 1260. The minimum absolute atomic E-state index is 0.0517. The van der Waals surface area contributed by atoms with E-state index < -0.39 is 18.4 Å². The van der Waals surface area contributed by atoms with Gasteiger partial charge in [-0.3, -0.25) is 14.7 Å². The van der Waals surface area contributed by atoms with Crippen molar-refractivity contribution >= 4 is 12.0 Å². The molecule has 8 heteroatoms. The second-order valence-corrected chi connectivity index (χ2v) is 10.3. The van der Waals surface area contributed by atoms with Crippen molar-refractivity contribution in [3.8, 4) is 11.1 Å². The lowest BCUT2D eigenvalue weighted by atomic mass is 9.95. The molecular weight excluding hydrogens is 506 g/mol. The number of amides is 2. The van der Waals surface area contributed by atoms with Crippen molar-refractivity contribution in [1.29, 1.82) is 0 Å². The largest absolute Gasteiger partial charge is 0.465 e. The predicted octanol–water partition coefficient (Wildman–Crippen LogP) is 5.18. The zero-order chi connectivity index (χ0) is 28.1. The Kier molecular flexibility index (Phi) is 8.77. The SMILES string of the molecule is CCOC(CN(C(=O)C(Cc1cccnc1)N(CC1c2ccccc2-c2ccccc21)C(=O)O)C1CC1)OCC. The minimum Gasteiger partial charge on any atom is -0.465 e. The lowest BCUT2D eigenvalue weighted by Gasteiger charge is -2.36. The van der Waals surface area contributed by atoms with E-state index in [4.69, 9.17) is 9.47 Å². The molecule has 1 N–H and O–H groups in total. The highest BCUT2D eigenvalue weighted by atomic mass is 16.7. The van der Waals surface area contributed by atoms with Crippen LogP contribution in [0.5, 0.6) is 0 Å². The molecule has 1 atom stereocenters. The molecule has 210 valence electrons. The maximum absolute atomic E-state index is 14.4. The first kappa shape index (κ1) is 27.8. The third kappa shape index (κ3) is 6.03. The Morgan fingerprint density at radius 3 is 2.10 bits per heavy atom. The number of pyridine rings is 1. The number of hydrogen-bond acceptors (Lipinski definition) is 5. The van der Waals surface area contributed by atoms with Gasteiger partial charge < -0.3 is 19.5 Å². The van der Waals surface area contributed by atoms with Gasteiger partial charge in [-0.15, -0.1) is 0 Å². The fourth-order valence-corrected chi connectivity index (χ4v) is 5.75. The topological polar surface area (TPSA) is 92.2 Å². The van der Waals surface area contributed by atoms with Crippen molar-refractivity contribution in [2.45, 2.75) is 57.4 Å². The summed E-state index contributed by atoms with van der Waals surface area (Å²) in [4.78, 5) is 34.7. The maximum atomic E-state index is 14.4. The number of aromatic nitrogens is 1. The minimum atomic E-state index is -1.12. The summed E-state index contributed by atoms with van der Waals surface area (Å²) in [6.07, 6.45) is 3.68. The first-order valence-corrected chi connectivity index (χ1v) is 14.1. The Hall–Kier alpha value is -3.75. The van der Waals surface area contributed by atoms with E-state index >= 15 is 0 Å². The van der Waals surface area contributed by atoms with Crippen molar-refractivity contribution in [1.82, 2.24) is 14.8 Å². The highest BCUT2D eigenvalue weighted by Gasteiger charge is 2.42. The third-order valence-corrected chi connectivity index (χ3v) is 7.72. The van der Waals surface area contributed by atoms with Gasteiger partial charge in [0.2, 0.25) is 5.91 Å². The summed E-state index contributed by atoms with van der Waals surface area (Å²) in [7, 11) is 0. The molecule has 0 spiro atoms. The van der Waals surface area contributed by atoms with Crippen LogP contribution in [0.2, 0.25) is 0 Å². The molecule has 1 fully saturated rings. The summed E-state index contributed by atoms with van der Waals surface area (Å²) in [5, 5.41) is 10.6. The van der Waals surface area contributed by atoms with E-state index in [-0.39, 0.29) is 37.4 Å². The van der Waals surface area contributed by atoms with Crippen molar-refractivity contribution in [3.63, 3.8) is 0 Å². The number of benzene rings is 2. The molecule has 0 aliphatic heterocycles. The predicted molar refractivity (Wildman–Crippen MR) is 152 cm³/mol. The molecule has 2 amide bonds. The van der Waals surface area contributed by atoms with Gasteiger partial charge in [0.1, 0.15) is 6.04 Å². The van der Waals surface area contributed by atoms with E-state index in [0.29, 0.717) is 13.2 Å². The summed E-state index contributed by atoms with van der Waals surface area (Å²) < 4.78 is 11.6. The van der Waals surface area contributed by atoms with Crippen LogP contribution < -0.4 is 0 Å². The van der Waals surface area contributed by atoms with Crippen LogP contribution in [-0.2, 0) is 20.7 Å². The number of carbonyl (C=O) groups is 2. The van der Waals surface area contributed by atoms with Gasteiger partial charge in [-0.05, 0) is 60.6 Å². The second-order valence-electron chi connectivity index (χ2n) is 10.3. The van der Waals surface area contributed by atoms with Crippen molar-refractivity contribution in [2.24, 2.45) is 0 Å². The van der Waals surface area contributed by atoms with Gasteiger partial charge in [-0.2, -0.15) is 0 Å². The Balaban J connectivity index is 1.50. The van der Waals surface area contributed by atoms with Crippen LogP contribution in [0.25, 0.3) is 11.1 Å². The fraction of sp³-hybridized carbons (Fsp3) is 0.406. The van der Waals surface area contributed by atoms with Crippen LogP contribution in [-0.4, -0.2) is 76.6 Å². The molecule has 1 heterocycles. The molecule has 2 aliphatic carbocycles. The molecule has 2 aromatic carbocycles. The Morgan fingerprint density at radius 1 is 0.950 bits per heavy atom. The summed E-state index contributed by atoms with van der Waals surface area (Å²) in [5.41, 5.74) is 5.18. The van der Waals surface area contributed by atoms with Crippen molar-refractivity contribution in [3.05, 3.63) is 89.7 Å². The highest BCUT2D eigenvalue weighted by Crippen LogP contribution is 2.45. The first-order valence-electron chi connectivity index (χ1n) is 14.1. The molecule has 0 radical (unpaired) electrons. The number of carbonyl (C=O) groups excluding carboxylic acids is 1. The number of rotatable bonds is 13. The van der Waals surface area contributed by atoms with E-state index in [2.05, 4.69) is 29.2 Å². The van der Waals surface area contributed by atoms with Crippen LogP contribution in [0.15, 0.2) is 73.1 Å². The zero-order valence-corrected chi connectivity index (χ0v) is 23.1. The smallest absolute Gasteiger partial charge is 0.408 e. The fourth-order valence-electron chi connectivity index (χ4n) is 5.75. The molecule has 40 heavy (non-hydrogen) atoms. The molecule has 1 aromatic heterocycles. The summed E-state index contributed by atoms with van der Waals surface area (Å²) in [6, 6.07) is 19.1. The third-order valence-electron chi connectivity index (χ3n) is 7.72. The highest BCUT2D eigenvalue weighted by molar-refractivity contribution is 5.87. The van der Waals surface area contributed by atoms with Crippen molar-refractivity contribution < 1.29 is 24.2 Å². The van der Waals surface area contributed by atoms with E-state index in [1.165, 1.54) is 4.90 Å². The van der Waals surface area contributed by atoms with Crippen LogP contribution in [0.1, 0.15) is 49.3 Å². The van der Waals surface area contributed by atoms with Crippen LogP contribution >= 0.6 is 0 Å². The second kappa shape index (κ2) is 12.6. The Labute approximate surface area is 235 Å².